The Hall–Kier alpha value is -3.32. The highest BCUT2D eigenvalue weighted by Gasteiger charge is 2.23. The number of hydrogen-bond acceptors (Lipinski definition) is 5. The molecule has 1 amide bonds. The Labute approximate surface area is 174 Å². The molecule has 2 N–H and O–H groups in total. The molecule has 0 bridgehead atoms. The third-order valence-electron chi connectivity index (χ3n) is 4.07. The molecular formula is C21H17BClN3O3. The highest BCUT2D eigenvalue weighted by atomic mass is 35.5. The summed E-state index contributed by atoms with van der Waals surface area (Å²) >= 11 is 5.92. The maximum absolute atomic E-state index is 13.1. The third-order valence-corrected chi connectivity index (χ3v) is 4.32. The molecule has 1 aromatic heterocycles. The topological polar surface area (TPSA) is 80.3 Å². The second-order valence-electron chi connectivity index (χ2n) is 6.13. The number of nitrogens with zero attached hydrogens (tertiary/aromatic N) is 1. The Bertz CT molecular complexity index is 1010. The van der Waals surface area contributed by atoms with Gasteiger partial charge in [0.15, 0.2) is 6.17 Å². The molecule has 0 spiro atoms. The van der Waals surface area contributed by atoms with Crippen LogP contribution in [0, 0.1) is 0 Å². The average molecular weight is 406 g/mol. The zero-order valence-corrected chi connectivity index (χ0v) is 16.3. The number of benzene rings is 2. The number of anilines is 1. The van der Waals surface area contributed by atoms with Crippen LogP contribution < -0.4 is 20.8 Å². The first-order valence-electron chi connectivity index (χ1n) is 8.69. The van der Waals surface area contributed by atoms with Crippen molar-refractivity contribution in [3.8, 4) is 5.75 Å². The Kier molecular flexibility index (Phi) is 6.52. The van der Waals surface area contributed by atoms with Crippen LogP contribution in [0.5, 0.6) is 5.75 Å². The fourth-order valence-corrected chi connectivity index (χ4v) is 2.69. The second-order valence-corrected chi connectivity index (χ2v) is 6.57. The maximum atomic E-state index is 13.1. The van der Waals surface area contributed by atoms with Crippen molar-refractivity contribution in [2.45, 2.75) is 6.17 Å². The van der Waals surface area contributed by atoms with Gasteiger partial charge in [-0.25, -0.2) is 0 Å². The van der Waals surface area contributed by atoms with E-state index in [9.17, 15) is 9.59 Å². The summed E-state index contributed by atoms with van der Waals surface area (Å²) in [5.74, 6) is -0.331. The summed E-state index contributed by atoms with van der Waals surface area (Å²) in [7, 11) is 7.13. The molecule has 2 radical (unpaired) electrons. The van der Waals surface area contributed by atoms with Crippen molar-refractivity contribution < 1.29 is 14.3 Å². The second kappa shape index (κ2) is 9.25. The number of rotatable bonds is 7. The highest BCUT2D eigenvalue weighted by Crippen LogP contribution is 2.17. The number of halogens is 1. The number of ether oxygens (including phenoxy) is 1. The Balaban J connectivity index is 1.87. The molecule has 8 heteroatoms. The van der Waals surface area contributed by atoms with E-state index in [-0.39, 0.29) is 11.5 Å². The van der Waals surface area contributed by atoms with Crippen molar-refractivity contribution in [3.05, 3.63) is 83.1 Å². The molecule has 29 heavy (non-hydrogen) atoms. The molecule has 6 nitrogen and oxygen atoms in total. The number of carbonyl (C=O) groups excluding carboxylic acids is 2. The number of Topliss-reactive ketones (excluding diaryl/α,β-unsaturated/α-hetero) is 1. The van der Waals surface area contributed by atoms with E-state index in [1.54, 1.807) is 54.6 Å². The van der Waals surface area contributed by atoms with Gasteiger partial charge in [0.1, 0.15) is 19.3 Å². The third kappa shape index (κ3) is 5.36. The number of pyridine rings is 1. The molecule has 1 unspecified atom stereocenters. The zero-order valence-electron chi connectivity index (χ0n) is 15.6. The van der Waals surface area contributed by atoms with Crippen LogP contribution in [0.25, 0.3) is 0 Å². The Morgan fingerprint density at radius 1 is 1.10 bits per heavy atom. The number of hydrogen-bond donors (Lipinski definition) is 2. The lowest BCUT2D eigenvalue weighted by atomic mass is 9.99. The lowest BCUT2D eigenvalue weighted by Gasteiger charge is -2.20. The smallest absolute Gasteiger partial charge is 0.271 e. The van der Waals surface area contributed by atoms with E-state index in [1.165, 1.54) is 19.4 Å². The summed E-state index contributed by atoms with van der Waals surface area (Å²) in [4.78, 5) is 29.7. The van der Waals surface area contributed by atoms with Crippen molar-refractivity contribution in [3.63, 3.8) is 0 Å². The molecule has 3 aromatic rings. The van der Waals surface area contributed by atoms with Gasteiger partial charge in [0.2, 0.25) is 5.78 Å². The van der Waals surface area contributed by atoms with Crippen LogP contribution in [0.2, 0.25) is 5.02 Å². The van der Waals surface area contributed by atoms with Crippen LogP contribution in [0.15, 0.2) is 66.9 Å². The van der Waals surface area contributed by atoms with E-state index in [1.807, 2.05) is 0 Å². The number of carbonyl (C=O) groups is 2. The van der Waals surface area contributed by atoms with Gasteiger partial charge in [-0.2, -0.15) is 0 Å². The molecule has 0 aliphatic rings. The quantitative estimate of drug-likeness (QED) is 0.359. The van der Waals surface area contributed by atoms with Crippen molar-refractivity contribution in [1.29, 1.82) is 0 Å². The van der Waals surface area contributed by atoms with E-state index >= 15 is 0 Å². The van der Waals surface area contributed by atoms with Gasteiger partial charge >= 0.3 is 0 Å². The summed E-state index contributed by atoms with van der Waals surface area (Å²) in [6.45, 7) is 0. The van der Waals surface area contributed by atoms with E-state index in [2.05, 4.69) is 15.6 Å². The predicted molar refractivity (Wildman–Crippen MR) is 113 cm³/mol. The minimum Gasteiger partial charge on any atom is -0.497 e. The van der Waals surface area contributed by atoms with Crippen molar-refractivity contribution in [1.82, 2.24) is 10.3 Å². The number of nitrogens with one attached hydrogen (secondary N) is 2. The lowest BCUT2D eigenvalue weighted by Crippen LogP contribution is -2.46. The summed E-state index contributed by atoms with van der Waals surface area (Å²) in [6.07, 6.45) is 0.329. The van der Waals surface area contributed by atoms with Gasteiger partial charge < -0.3 is 15.4 Å². The first kappa shape index (κ1) is 20.4. The van der Waals surface area contributed by atoms with E-state index < -0.39 is 12.1 Å². The molecule has 0 aliphatic heterocycles. The van der Waals surface area contributed by atoms with Gasteiger partial charge in [0, 0.05) is 22.5 Å². The molecule has 0 saturated heterocycles. The highest BCUT2D eigenvalue weighted by molar-refractivity contribution is 6.32. The van der Waals surface area contributed by atoms with Crippen LogP contribution >= 0.6 is 11.6 Å². The molecule has 144 valence electrons. The van der Waals surface area contributed by atoms with Gasteiger partial charge in [0.05, 0.1) is 7.11 Å². The normalized spacial score (nSPS) is 11.4. The number of aromatic nitrogens is 1. The maximum Gasteiger partial charge on any atom is 0.271 e. The summed E-state index contributed by atoms with van der Waals surface area (Å²) in [5, 5.41) is 6.25. The lowest BCUT2D eigenvalue weighted by molar-refractivity contribution is 0.0866. The summed E-state index contributed by atoms with van der Waals surface area (Å²) in [5.41, 5.74) is 1.56. The van der Waals surface area contributed by atoms with Gasteiger partial charge in [0.25, 0.3) is 5.91 Å². The van der Waals surface area contributed by atoms with Crippen molar-refractivity contribution in [2.75, 3.05) is 12.4 Å². The molecule has 0 saturated carbocycles. The van der Waals surface area contributed by atoms with Gasteiger partial charge in [-0.05, 0) is 42.5 Å². The van der Waals surface area contributed by atoms with E-state index in [0.29, 0.717) is 27.5 Å². The zero-order chi connectivity index (χ0) is 20.8. The molecule has 0 fully saturated rings. The molecule has 2 aromatic carbocycles. The van der Waals surface area contributed by atoms with Gasteiger partial charge in [-0.3, -0.25) is 14.6 Å². The van der Waals surface area contributed by atoms with Crippen LogP contribution in [0.1, 0.15) is 20.8 Å². The SMILES string of the molecule is [B]c1ccc(C(=O)NC(Nc2ccc(Cl)cc2)C(=O)c2cccc(OC)c2)nc1. The average Bonchev–Trinajstić information content (AvgIpc) is 2.74. The molecular weight excluding hydrogens is 389 g/mol. The molecule has 1 atom stereocenters. The Morgan fingerprint density at radius 2 is 1.86 bits per heavy atom. The Morgan fingerprint density at radius 3 is 2.52 bits per heavy atom. The van der Waals surface area contributed by atoms with Crippen LogP contribution in [-0.4, -0.2) is 37.8 Å². The standard InChI is InChI=1S/C21H17BClN3O3/c1-29-17-4-2-3-13(11-17)19(27)20(25-16-8-6-15(23)7-9-16)26-21(28)18-10-5-14(22)12-24-18/h2-12,20,25H,1H3,(H,26,28). The van der Waals surface area contributed by atoms with Gasteiger partial charge in [-0.15, -0.1) is 0 Å². The molecule has 3 rings (SSSR count). The molecule has 1 heterocycles. The largest absolute Gasteiger partial charge is 0.497 e. The van der Waals surface area contributed by atoms with E-state index in [0.717, 1.165) is 0 Å². The summed E-state index contributed by atoms with van der Waals surface area (Å²) < 4.78 is 5.18. The van der Waals surface area contributed by atoms with Crippen molar-refractivity contribution >= 4 is 42.3 Å². The van der Waals surface area contributed by atoms with Gasteiger partial charge in [-0.1, -0.05) is 35.3 Å². The number of ketones is 1. The van der Waals surface area contributed by atoms with Crippen molar-refractivity contribution in [2.24, 2.45) is 0 Å². The van der Waals surface area contributed by atoms with Crippen LogP contribution in [0.4, 0.5) is 5.69 Å². The monoisotopic (exact) mass is 405 g/mol. The minimum atomic E-state index is -1.05. The predicted octanol–water partition coefficient (Wildman–Crippen LogP) is 2.59. The minimum absolute atomic E-state index is 0.139. The fraction of sp³-hybridized carbons (Fsp3) is 0.0952. The first-order chi connectivity index (χ1) is 14.0. The fourth-order valence-electron chi connectivity index (χ4n) is 2.57. The number of methoxy groups -OCH3 is 1. The first-order valence-corrected chi connectivity index (χ1v) is 9.07. The van der Waals surface area contributed by atoms with Crippen LogP contribution in [-0.2, 0) is 0 Å². The number of amides is 1. The van der Waals surface area contributed by atoms with Crippen LogP contribution in [0.3, 0.4) is 0 Å². The summed E-state index contributed by atoms with van der Waals surface area (Å²) in [6, 6.07) is 16.5. The van der Waals surface area contributed by atoms with E-state index in [4.69, 9.17) is 24.2 Å². The molecule has 0 aliphatic carbocycles.